The zero-order valence-corrected chi connectivity index (χ0v) is 46.0. The highest BCUT2D eigenvalue weighted by atomic mass is 35.5. The van der Waals surface area contributed by atoms with E-state index >= 15 is 0 Å². The molecule has 8 aromatic rings. The monoisotopic (exact) mass is 1140 g/mol. The zero-order chi connectivity index (χ0) is 55.6. The number of benzene rings is 6. The highest BCUT2D eigenvalue weighted by Gasteiger charge is 2.37. The summed E-state index contributed by atoms with van der Waals surface area (Å²) < 4.78 is 72.7. The minimum Gasteiger partial charge on any atom is -0.741 e. The lowest BCUT2D eigenvalue weighted by molar-refractivity contribution is -0.122. The molecule has 10 rings (SSSR count). The fourth-order valence-electron chi connectivity index (χ4n) is 10.5. The summed E-state index contributed by atoms with van der Waals surface area (Å²) >= 11 is 11.9. The number of alkyl halides is 3. The fourth-order valence-corrected chi connectivity index (χ4v) is 12.9. The van der Waals surface area contributed by atoms with Crippen LogP contribution in [0.5, 0.6) is 0 Å². The van der Waals surface area contributed by atoms with Crippen molar-refractivity contribution in [2.75, 3.05) is 10.6 Å². The van der Waals surface area contributed by atoms with E-state index in [-0.39, 0.29) is 40.4 Å². The molecule has 2 fully saturated rings. The molecule has 6 aromatic carbocycles. The van der Waals surface area contributed by atoms with Crippen LogP contribution in [-0.2, 0) is 30.6 Å². The number of anilines is 2. The van der Waals surface area contributed by atoms with Crippen molar-refractivity contribution in [1.82, 2.24) is 9.97 Å². The van der Waals surface area contributed by atoms with Gasteiger partial charge in [0.2, 0.25) is 11.8 Å². The van der Waals surface area contributed by atoms with Crippen LogP contribution >= 0.6 is 23.2 Å². The molecule has 78 heavy (non-hydrogen) atoms. The number of nitrogens with zero attached hydrogens (tertiary/aromatic N) is 2. The summed E-state index contributed by atoms with van der Waals surface area (Å²) in [7, 11) is -6.29. The van der Waals surface area contributed by atoms with Gasteiger partial charge in [-0.2, -0.15) is 13.2 Å². The number of fused-ring (bicyclic) bond motifs is 2. The van der Waals surface area contributed by atoms with E-state index in [2.05, 4.69) is 107 Å². The van der Waals surface area contributed by atoms with Gasteiger partial charge in [0, 0.05) is 62.5 Å². The maximum Gasteiger partial charge on any atom is 0.485 e. The molecule has 2 heterocycles. The lowest BCUT2D eigenvalue weighted by Gasteiger charge is -2.32. The molecule has 0 unspecified atom stereocenters. The van der Waals surface area contributed by atoms with Gasteiger partial charge in [-0.25, -0.2) is 12.8 Å². The Balaban J connectivity index is 0.000000189. The number of aromatic nitrogens is 2. The molecule has 0 aliphatic heterocycles. The molecule has 0 radical (unpaired) electrons. The van der Waals surface area contributed by atoms with Crippen molar-refractivity contribution in [3.8, 4) is 0 Å². The second-order valence-corrected chi connectivity index (χ2v) is 24.0. The molecule has 2 aromatic heterocycles. The molecule has 406 valence electrons. The third-order valence-corrected chi connectivity index (χ3v) is 18.1. The van der Waals surface area contributed by atoms with E-state index in [4.69, 9.17) is 41.2 Å². The van der Waals surface area contributed by atoms with Gasteiger partial charge in [0.1, 0.15) is 5.82 Å². The lowest BCUT2D eigenvalue weighted by atomic mass is 9.73. The molecule has 9 nitrogen and oxygen atoms in total. The van der Waals surface area contributed by atoms with Gasteiger partial charge < -0.3 is 15.2 Å². The van der Waals surface area contributed by atoms with Crippen LogP contribution in [0.3, 0.4) is 0 Å². The third-order valence-electron chi connectivity index (χ3n) is 14.8. The van der Waals surface area contributed by atoms with Crippen LogP contribution in [0.15, 0.2) is 185 Å². The van der Waals surface area contributed by atoms with E-state index in [1.165, 1.54) is 37.3 Å². The Labute approximate surface area is 465 Å². The minimum atomic E-state index is -6.09. The summed E-state index contributed by atoms with van der Waals surface area (Å²) in [4.78, 5) is 38.7. The maximum absolute atomic E-state index is 13.8. The van der Waals surface area contributed by atoms with E-state index in [0.29, 0.717) is 33.7 Å². The summed E-state index contributed by atoms with van der Waals surface area (Å²) in [5.74, 6) is 1.39. The van der Waals surface area contributed by atoms with Gasteiger partial charge in [0.15, 0.2) is 24.8 Å². The van der Waals surface area contributed by atoms with Crippen LogP contribution in [-0.4, -0.2) is 40.3 Å². The largest absolute Gasteiger partial charge is 0.741 e. The van der Waals surface area contributed by atoms with Crippen molar-refractivity contribution in [1.29, 1.82) is 0 Å². The van der Waals surface area contributed by atoms with Crippen LogP contribution < -0.4 is 10.6 Å². The summed E-state index contributed by atoms with van der Waals surface area (Å²) in [5, 5.41) is 9.55. The Bertz CT molecular complexity index is 3380. The topological polar surface area (TPSA) is 141 Å². The smallest absolute Gasteiger partial charge is 0.485 e. The summed E-state index contributed by atoms with van der Waals surface area (Å²) in [5.41, 5.74) is 0.363. The van der Waals surface area contributed by atoms with Gasteiger partial charge in [0.25, 0.3) is 0 Å². The molecule has 2 amide bonds. The molecule has 2 N–H and O–H groups in total. The molecule has 0 bridgehead atoms. The summed E-state index contributed by atoms with van der Waals surface area (Å²) in [6, 6.07) is 51.9. The predicted octanol–water partition coefficient (Wildman–Crippen LogP) is 16.2. The normalized spacial score (nSPS) is 18.4. The first-order valence-corrected chi connectivity index (χ1v) is 29.1. The minimum absolute atomic E-state index is 0.0360. The van der Waals surface area contributed by atoms with Gasteiger partial charge in [-0.1, -0.05) is 73.4 Å². The molecule has 17 heteroatoms. The number of amides is 2. The van der Waals surface area contributed by atoms with Crippen molar-refractivity contribution in [3.63, 3.8) is 0 Å². The van der Waals surface area contributed by atoms with Crippen molar-refractivity contribution in [3.05, 3.63) is 197 Å². The molecule has 2 aliphatic carbocycles. The zero-order valence-electron chi connectivity index (χ0n) is 42.8. The fraction of sp³-hybridized carbons (Fsp3) is 0.279. The van der Waals surface area contributed by atoms with Crippen LogP contribution in [0.4, 0.5) is 28.9 Å². The molecular weight excluding hydrogens is 1080 g/mol. The van der Waals surface area contributed by atoms with Gasteiger partial charge in [0.05, 0.1) is 21.9 Å². The maximum atomic E-state index is 13.8. The highest BCUT2D eigenvalue weighted by molar-refractivity contribution is 7.97. The van der Waals surface area contributed by atoms with E-state index in [1.54, 1.807) is 36.4 Å². The number of carbonyl (C=O) groups excluding carboxylic acids is 2. The molecule has 2 atom stereocenters. The van der Waals surface area contributed by atoms with Gasteiger partial charge >= 0.3 is 5.51 Å². The molecule has 2 saturated carbocycles. The van der Waals surface area contributed by atoms with Crippen LogP contribution in [0.1, 0.15) is 88.2 Å². The number of halogens is 6. The third kappa shape index (κ3) is 14.9. The first kappa shape index (κ1) is 57.8. The van der Waals surface area contributed by atoms with Crippen molar-refractivity contribution in [2.24, 2.45) is 23.7 Å². The Morgan fingerprint density at radius 3 is 1.35 bits per heavy atom. The standard InChI is InChI=1S/C36H33ClN2OS.C24H24ClFN2O.CHF3O3S/c1-25(36(40)39-29-18-16-28(37)17-19-29)26-12-14-27(15-13-26)33-22-23-38-35-21-20-32(24-34(33)35)41(30-8-4-2-5-9-30)31-10-6-3-7-11-31;1-15(24(29)28-20-9-6-18(25)7-10-20)16-2-4-17(5-3-16)21-12-13-27-23-11-8-19(26)14-22(21)23;2-1(3,4)8(5,6)7/h2-11,16-27H,12-15H2,1H3;6-17H,2-5H2,1H3,(H,28,29);(H,5,6,7)/t25-,26?,27?;15-,16?,17?;/m11./s1/i;26-1;. The van der Waals surface area contributed by atoms with Crippen molar-refractivity contribution < 1.29 is 40.1 Å². The van der Waals surface area contributed by atoms with Gasteiger partial charge in [-0.05, 0) is 201 Å². The number of rotatable bonds is 11. The lowest BCUT2D eigenvalue weighted by Crippen LogP contribution is -2.29. The number of nitrogens with one attached hydrogen (secondary N) is 2. The number of pyridine rings is 2. The molecular formula is C61H58Cl2F4N4O5S2. The first-order chi connectivity index (χ1) is 37.3. The van der Waals surface area contributed by atoms with Crippen molar-refractivity contribution in [2.45, 2.75) is 97.2 Å². The average molecular weight is 1140 g/mol. The first-order valence-electron chi connectivity index (χ1n) is 25.7. The Kier molecular flexibility index (Phi) is 19.3. The van der Waals surface area contributed by atoms with E-state index in [1.807, 2.05) is 49.6 Å². The summed E-state index contributed by atoms with van der Waals surface area (Å²) in [6.07, 6.45) is 12.0. The van der Waals surface area contributed by atoms with Crippen molar-refractivity contribution >= 4 is 89.2 Å². The Morgan fingerprint density at radius 2 is 0.949 bits per heavy atom. The molecule has 2 aliphatic rings. The molecule has 0 saturated heterocycles. The molecule has 0 spiro atoms. The van der Waals surface area contributed by atoms with E-state index in [0.717, 1.165) is 79.2 Å². The Hall–Kier alpha value is -6.36. The van der Waals surface area contributed by atoms with Crippen LogP contribution in [0, 0.1) is 29.5 Å². The highest BCUT2D eigenvalue weighted by Crippen LogP contribution is 2.43. The van der Waals surface area contributed by atoms with E-state index < -0.39 is 15.6 Å². The summed E-state index contributed by atoms with van der Waals surface area (Å²) in [6.45, 7) is 4.08. The van der Waals surface area contributed by atoms with Gasteiger partial charge in [-0.15, -0.1) is 0 Å². The predicted molar refractivity (Wildman–Crippen MR) is 302 cm³/mol. The average Bonchev–Trinajstić information content (AvgIpc) is 3.49. The number of carbonyl (C=O) groups is 2. The SMILES string of the molecule is C[C@@H](C(=O)Nc1ccc(Cl)cc1)C1CCC(c2ccnc3ccc([18F])cc23)CC1.C[C@@H](C(=O)Nc1ccc(Cl)cc1)C1CCC(c2ccnc3ccc([S+](c4ccccc4)c4ccccc4)cc23)CC1.O=S(=O)([O-])C(F)(F)F. The van der Waals surface area contributed by atoms with Gasteiger partial charge in [-0.3, -0.25) is 19.6 Å². The second kappa shape index (κ2) is 26.1. The van der Waals surface area contributed by atoms with Crippen LogP contribution in [0.25, 0.3) is 21.8 Å². The van der Waals surface area contributed by atoms with Crippen LogP contribution in [0.2, 0.25) is 10.0 Å². The number of hydrogen-bond acceptors (Lipinski definition) is 7. The van der Waals surface area contributed by atoms with E-state index in [9.17, 15) is 27.2 Å². The second-order valence-electron chi connectivity index (χ2n) is 19.8. The quantitative estimate of drug-likeness (QED) is 0.0568. The number of hydrogen-bond donors (Lipinski definition) is 2. The Morgan fingerprint density at radius 1 is 0.564 bits per heavy atom.